The van der Waals surface area contributed by atoms with Gasteiger partial charge in [0.2, 0.25) is 0 Å². The number of nitrogens with zero attached hydrogens (tertiary/aromatic N) is 1. The van der Waals surface area contributed by atoms with Crippen LogP contribution in [0.25, 0.3) is 0 Å². The number of hydrogen-bond acceptors (Lipinski definition) is 2. The molecule has 0 aliphatic heterocycles. The summed E-state index contributed by atoms with van der Waals surface area (Å²) in [7, 11) is 0. The molecule has 1 aromatic rings. The first-order chi connectivity index (χ1) is 5.15. The van der Waals surface area contributed by atoms with Gasteiger partial charge in [-0.15, -0.1) is 22.9 Å². The van der Waals surface area contributed by atoms with Gasteiger partial charge in [0.15, 0.2) is 5.38 Å². The summed E-state index contributed by atoms with van der Waals surface area (Å²) < 4.78 is 1.42. The fourth-order valence-electron chi connectivity index (χ4n) is 0.552. The van der Waals surface area contributed by atoms with Gasteiger partial charge in [0, 0.05) is 9.35 Å². The van der Waals surface area contributed by atoms with Gasteiger partial charge in [0.25, 0.3) is 0 Å². The van der Waals surface area contributed by atoms with Gasteiger partial charge in [-0.1, -0.05) is 11.6 Å². The third-order valence-electron chi connectivity index (χ3n) is 1.03. The van der Waals surface area contributed by atoms with Gasteiger partial charge < -0.3 is 0 Å². The van der Waals surface area contributed by atoms with Crippen molar-refractivity contribution >= 4 is 50.5 Å². The van der Waals surface area contributed by atoms with Crippen molar-refractivity contribution in [2.24, 2.45) is 0 Å². The summed E-state index contributed by atoms with van der Waals surface area (Å²) in [5.74, 6) is 0. The zero-order valence-corrected chi connectivity index (χ0v) is 9.06. The molecule has 1 aromatic heterocycles. The number of hydrogen-bond donors (Lipinski definition) is 0. The lowest BCUT2D eigenvalue weighted by molar-refractivity contribution is 1.26. The molecule has 0 bridgehead atoms. The van der Waals surface area contributed by atoms with Crippen LogP contribution in [0.2, 0.25) is 4.34 Å². The Kier molecular flexibility index (Phi) is 3.20. The fraction of sp³-hybridized carbons (Fsp3) is 0.167. The molecule has 58 valence electrons. The van der Waals surface area contributed by atoms with E-state index in [0.29, 0.717) is 4.34 Å². The van der Waals surface area contributed by atoms with E-state index in [1.54, 1.807) is 6.07 Å². The molecule has 1 nitrogen and oxygen atoms in total. The van der Waals surface area contributed by atoms with E-state index in [1.165, 1.54) is 11.3 Å². The van der Waals surface area contributed by atoms with Crippen LogP contribution in [0.3, 0.4) is 0 Å². The Morgan fingerprint density at radius 1 is 1.73 bits per heavy atom. The zero-order chi connectivity index (χ0) is 8.43. The third-order valence-corrected chi connectivity index (χ3v) is 4.03. The van der Waals surface area contributed by atoms with Crippen LogP contribution in [0.1, 0.15) is 10.3 Å². The van der Waals surface area contributed by atoms with Gasteiger partial charge >= 0.3 is 0 Å². The molecule has 11 heavy (non-hydrogen) atoms. The Balaban J connectivity index is 2.99. The Hall–Kier alpha value is 0.250. The van der Waals surface area contributed by atoms with E-state index < -0.39 is 5.38 Å². The topological polar surface area (TPSA) is 23.8 Å². The molecule has 0 aliphatic rings. The largest absolute Gasteiger partial charge is 0.196 e. The molecule has 0 fully saturated rings. The van der Waals surface area contributed by atoms with Crippen molar-refractivity contribution < 1.29 is 0 Å². The second-order valence-electron chi connectivity index (χ2n) is 1.76. The Bertz CT molecular complexity index is 285. The van der Waals surface area contributed by atoms with Crippen LogP contribution >= 0.6 is 50.5 Å². The average Bonchev–Trinajstić information content (AvgIpc) is 2.31. The maximum absolute atomic E-state index is 8.45. The highest BCUT2D eigenvalue weighted by Crippen LogP contribution is 2.36. The summed E-state index contributed by atoms with van der Waals surface area (Å²) in [6.07, 6.45) is 0. The summed E-state index contributed by atoms with van der Waals surface area (Å²) in [5.41, 5.74) is 0. The summed E-state index contributed by atoms with van der Waals surface area (Å²) >= 11 is 15.9. The molecular formula is C6H2BrCl2NS. The monoisotopic (exact) mass is 269 g/mol. The van der Waals surface area contributed by atoms with Gasteiger partial charge in [0.05, 0.1) is 6.07 Å². The van der Waals surface area contributed by atoms with Crippen LogP contribution in [0.4, 0.5) is 0 Å². The molecule has 0 N–H and O–H groups in total. The van der Waals surface area contributed by atoms with Gasteiger partial charge in [-0.2, -0.15) is 5.26 Å². The first-order valence-corrected chi connectivity index (χ1v) is 5.06. The average molecular weight is 271 g/mol. The van der Waals surface area contributed by atoms with Crippen LogP contribution in [-0.4, -0.2) is 0 Å². The van der Waals surface area contributed by atoms with Gasteiger partial charge in [-0.25, -0.2) is 0 Å². The molecule has 0 amide bonds. The van der Waals surface area contributed by atoms with E-state index >= 15 is 0 Å². The summed E-state index contributed by atoms with van der Waals surface area (Å²) in [6, 6.07) is 3.68. The Morgan fingerprint density at radius 2 is 2.36 bits per heavy atom. The highest BCUT2D eigenvalue weighted by molar-refractivity contribution is 9.10. The first-order valence-electron chi connectivity index (χ1n) is 2.63. The van der Waals surface area contributed by atoms with E-state index in [2.05, 4.69) is 15.9 Å². The smallest absolute Gasteiger partial charge is 0.154 e. The fourth-order valence-corrected chi connectivity index (χ4v) is 2.41. The number of nitriles is 1. The third kappa shape index (κ3) is 2.09. The van der Waals surface area contributed by atoms with E-state index in [0.717, 1.165) is 9.35 Å². The van der Waals surface area contributed by atoms with Gasteiger partial charge in [0.1, 0.15) is 4.34 Å². The molecule has 0 saturated heterocycles. The number of thiophene rings is 1. The maximum Gasteiger partial charge on any atom is 0.154 e. The molecule has 5 heteroatoms. The minimum Gasteiger partial charge on any atom is -0.196 e. The van der Waals surface area contributed by atoms with E-state index in [4.69, 9.17) is 28.5 Å². The van der Waals surface area contributed by atoms with Crippen molar-refractivity contribution in [2.45, 2.75) is 5.38 Å². The molecule has 1 heterocycles. The van der Waals surface area contributed by atoms with Crippen molar-refractivity contribution in [2.75, 3.05) is 0 Å². The number of rotatable bonds is 1. The lowest BCUT2D eigenvalue weighted by Gasteiger charge is -1.90. The van der Waals surface area contributed by atoms with Crippen molar-refractivity contribution in [1.82, 2.24) is 0 Å². The van der Waals surface area contributed by atoms with Crippen LogP contribution in [0.15, 0.2) is 10.5 Å². The van der Waals surface area contributed by atoms with E-state index in [1.807, 2.05) is 6.07 Å². The minimum absolute atomic E-state index is 0.594. The summed E-state index contributed by atoms with van der Waals surface area (Å²) in [6.45, 7) is 0. The van der Waals surface area contributed by atoms with E-state index in [9.17, 15) is 0 Å². The van der Waals surface area contributed by atoms with Crippen LogP contribution < -0.4 is 0 Å². The summed E-state index contributed by atoms with van der Waals surface area (Å²) in [4.78, 5) is 0.769. The number of alkyl halides is 1. The Morgan fingerprint density at radius 3 is 2.73 bits per heavy atom. The van der Waals surface area contributed by atoms with Gasteiger partial charge in [-0.3, -0.25) is 0 Å². The first kappa shape index (κ1) is 9.34. The molecule has 0 saturated carbocycles. The quantitative estimate of drug-likeness (QED) is 0.709. The maximum atomic E-state index is 8.45. The predicted octanol–water partition coefficient (Wildman–Crippen LogP) is 3.97. The highest BCUT2D eigenvalue weighted by Gasteiger charge is 2.11. The second kappa shape index (κ2) is 3.77. The van der Waals surface area contributed by atoms with E-state index in [-0.39, 0.29) is 0 Å². The van der Waals surface area contributed by atoms with Crippen molar-refractivity contribution in [1.29, 1.82) is 5.26 Å². The second-order valence-corrected chi connectivity index (χ2v) is 4.74. The molecule has 0 aromatic carbocycles. The lowest BCUT2D eigenvalue weighted by Crippen LogP contribution is -1.77. The van der Waals surface area contributed by atoms with Crippen molar-refractivity contribution in [3.8, 4) is 6.07 Å². The molecule has 1 rings (SSSR count). The SMILES string of the molecule is N#CC(Cl)c1cc(Br)c(Cl)s1. The highest BCUT2D eigenvalue weighted by atomic mass is 79.9. The molecule has 0 aliphatic carbocycles. The van der Waals surface area contributed by atoms with Crippen LogP contribution in [0, 0.1) is 11.3 Å². The number of halogens is 3. The summed E-state index contributed by atoms with van der Waals surface area (Å²) in [5, 5.41) is 7.86. The van der Waals surface area contributed by atoms with Crippen molar-refractivity contribution in [3.05, 3.63) is 19.8 Å². The molecule has 1 unspecified atom stereocenters. The lowest BCUT2D eigenvalue weighted by atomic mass is 10.4. The Labute approximate surface area is 86.7 Å². The standard InChI is InChI=1S/C6H2BrCl2NS/c7-3-1-5(4(8)2-10)11-6(3)9/h1,4H. The van der Waals surface area contributed by atoms with Crippen LogP contribution in [0.5, 0.6) is 0 Å². The minimum atomic E-state index is -0.594. The van der Waals surface area contributed by atoms with Gasteiger partial charge in [-0.05, 0) is 22.0 Å². The molecule has 0 spiro atoms. The molecule has 0 radical (unpaired) electrons. The van der Waals surface area contributed by atoms with Crippen molar-refractivity contribution in [3.63, 3.8) is 0 Å². The predicted molar refractivity (Wildman–Crippen MR) is 51.2 cm³/mol. The zero-order valence-electron chi connectivity index (χ0n) is 5.14. The van der Waals surface area contributed by atoms with Crippen LogP contribution in [-0.2, 0) is 0 Å². The normalized spacial score (nSPS) is 12.5. The molecular weight excluding hydrogens is 269 g/mol. The molecule has 1 atom stereocenters.